The van der Waals surface area contributed by atoms with Crippen molar-refractivity contribution >= 4 is 33.3 Å². The van der Waals surface area contributed by atoms with Gasteiger partial charge in [-0.15, -0.1) is 11.3 Å². The molecule has 1 amide bonds. The first kappa shape index (κ1) is 15.7. The second kappa shape index (κ2) is 6.12. The van der Waals surface area contributed by atoms with Crippen LogP contribution in [0.25, 0.3) is 10.2 Å². The number of thiophene rings is 1. The van der Waals surface area contributed by atoms with Gasteiger partial charge in [-0.2, -0.15) is 5.10 Å². The summed E-state index contributed by atoms with van der Waals surface area (Å²) in [6.07, 6.45) is 1.68. The molecule has 0 spiro atoms. The van der Waals surface area contributed by atoms with E-state index in [1.807, 2.05) is 36.7 Å². The molecule has 23 heavy (non-hydrogen) atoms. The second-order valence-corrected chi connectivity index (χ2v) is 7.14. The monoisotopic (exact) mass is 328 g/mol. The van der Waals surface area contributed by atoms with E-state index in [4.69, 9.17) is 0 Å². The number of nitrogens with one attached hydrogen (secondary N) is 1. The summed E-state index contributed by atoms with van der Waals surface area (Å²) in [7, 11) is 0. The van der Waals surface area contributed by atoms with Gasteiger partial charge in [0.25, 0.3) is 5.91 Å². The van der Waals surface area contributed by atoms with Gasteiger partial charge in [0.05, 0.1) is 10.6 Å². The third kappa shape index (κ3) is 3.12. The van der Waals surface area contributed by atoms with Gasteiger partial charge in [-0.1, -0.05) is 19.9 Å². The van der Waals surface area contributed by atoms with E-state index in [0.717, 1.165) is 28.0 Å². The van der Waals surface area contributed by atoms with Crippen LogP contribution in [0.5, 0.6) is 0 Å². The molecule has 120 valence electrons. The highest BCUT2D eigenvalue weighted by atomic mass is 32.1. The van der Waals surface area contributed by atoms with Gasteiger partial charge >= 0.3 is 0 Å². The molecule has 5 nitrogen and oxygen atoms in total. The van der Waals surface area contributed by atoms with E-state index in [0.29, 0.717) is 16.6 Å². The fraction of sp³-hybridized carbons (Fsp3) is 0.353. The molecule has 0 saturated heterocycles. The molecular weight excluding hydrogens is 308 g/mol. The molecular formula is C17H20N4OS. The first-order chi connectivity index (χ1) is 11.0. The van der Waals surface area contributed by atoms with Crippen molar-refractivity contribution < 1.29 is 4.79 Å². The van der Waals surface area contributed by atoms with Crippen molar-refractivity contribution in [2.24, 2.45) is 5.92 Å². The second-order valence-electron chi connectivity index (χ2n) is 6.11. The Labute approximate surface area is 139 Å². The minimum atomic E-state index is -0.122. The molecule has 0 bridgehead atoms. The molecule has 0 unspecified atom stereocenters. The molecule has 0 atom stereocenters. The lowest BCUT2D eigenvalue weighted by Crippen LogP contribution is -2.12. The molecule has 3 aromatic heterocycles. The summed E-state index contributed by atoms with van der Waals surface area (Å²) in [4.78, 5) is 18.5. The van der Waals surface area contributed by atoms with E-state index in [9.17, 15) is 4.79 Å². The van der Waals surface area contributed by atoms with Crippen LogP contribution in [0.3, 0.4) is 0 Å². The van der Waals surface area contributed by atoms with Gasteiger partial charge in [0.1, 0.15) is 10.6 Å². The number of rotatable bonds is 4. The van der Waals surface area contributed by atoms with Crippen molar-refractivity contribution in [3.05, 3.63) is 40.5 Å². The van der Waals surface area contributed by atoms with E-state index < -0.39 is 0 Å². The molecule has 0 fully saturated rings. The third-order valence-corrected chi connectivity index (χ3v) is 4.76. The molecule has 0 aliphatic rings. The number of hydrogen-bond donors (Lipinski definition) is 1. The lowest BCUT2D eigenvalue weighted by Gasteiger charge is -2.06. The lowest BCUT2D eigenvalue weighted by atomic mass is 10.2. The zero-order chi connectivity index (χ0) is 16.6. The van der Waals surface area contributed by atoms with Crippen LogP contribution in [0.1, 0.15) is 34.8 Å². The topological polar surface area (TPSA) is 59.8 Å². The van der Waals surface area contributed by atoms with Gasteiger partial charge < -0.3 is 5.32 Å². The summed E-state index contributed by atoms with van der Waals surface area (Å²) in [6, 6.07) is 5.71. The van der Waals surface area contributed by atoms with Crippen molar-refractivity contribution in [2.75, 3.05) is 5.32 Å². The molecule has 1 N–H and O–H groups in total. The first-order valence-corrected chi connectivity index (χ1v) is 8.47. The summed E-state index contributed by atoms with van der Waals surface area (Å²) >= 11 is 1.48. The van der Waals surface area contributed by atoms with Crippen LogP contribution in [-0.2, 0) is 6.54 Å². The fourth-order valence-electron chi connectivity index (χ4n) is 2.48. The first-order valence-electron chi connectivity index (χ1n) is 7.65. The van der Waals surface area contributed by atoms with Crippen LogP contribution < -0.4 is 5.32 Å². The molecule has 3 aromatic rings. The number of pyridine rings is 1. The average Bonchev–Trinajstić information content (AvgIpc) is 3.03. The minimum Gasteiger partial charge on any atom is -0.306 e. The molecule has 3 rings (SSSR count). The number of amides is 1. The number of anilines is 1. The standard InChI is InChI=1S/C17H20N4OS/c1-10(2)9-21-17-13(12(4)20-21)8-14(23-17)16(22)19-15-11(3)6-5-7-18-15/h5-8,10H,9H2,1-4H3,(H,18,19,22). The maximum atomic E-state index is 12.5. The maximum Gasteiger partial charge on any atom is 0.266 e. The smallest absolute Gasteiger partial charge is 0.266 e. The number of nitrogens with zero attached hydrogens (tertiary/aromatic N) is 3. The third-order valence-electron chi connectivity index (χ3n) is 3.61. The van der Waals surface area contributed by atoms with Gasteiger partial charge in [0, 0.05) is 18.1 Å². The Hall–Kier alpha value is -2.21. The van der Waals surface area contributed by atoms with Crippen LogP contribution in [0.4, 0.5) is 5.82 Å². The number of carbonyl (C=O) groups excluding carboxylic acids is 1. The molecule has 6 heteroatoms. The van der Waals surface area contributed by atoms with E-state index >= 15 is 0 Å². The molecule has 0 aliphatic heterocycles. The largest absolute Gasteiger partial charge is 0.306 e. The van der Waals surface area contributed by atoms with Gasteiger partial charge in [0.2, 0.25) is 0 Å². The van der Waals surface area contributed by atoms with Gasteiger partial charge in [-0.3, -0.25) is 9.48 Å². The van der Waals surface area contributed by atoms with Crippen LogP contribution in [0.15, 0.2) is 24.4 Å². The van der Waals surface area contributed by atoms with Gasteiger partial charge in [0.15, 0.2) is 0 Å². The number of aryl methyl sites for hydroxylation is 2. The molecule has 0 aliphatic carbocycles. The summed E-state index contributed by atoms with van der Waals surface area (Å²) in [6.45, 7) is 9.09. The number of hydrogen-bond acceptors (Lipinski definition) is 4. The van der Waals surface area contributed by atoms with Crippen LogP contribution >= 0.6 is 11.3 Å². The Kier molecular flexibility index (Phi) is 4.17. The summed E-state index contributed by atoms with van der Waals surface area (Å²) < 4.78 is 2.00. The SMILES string of the molecule is Cc1cccnc1NC(=O)c1cc2c(C)nn(CC(C)C)c2s1. The highest BCUT2D eigenvalue weighted by Gasteiger charge is 2.17. The van der Waals surface area contributed by atoms with Crippen molar-refractivity contribution in [1.29, 1.82) is 0 Å². The Morgan fingerprint density at radius 3 is 2.87 bits per heavy atom. The predicted octanol–water partition coefficient (Wildman–Crippen LogP) is 4.02. The molecule has 0 saturated carbocycles. The van der Waals surface area contributed by atoms with E-state index in [2.05, 4.69) is 29.2 Å². The van der Waals surface area contributed by atoms with Crippen molar-refractivity contribution in [3.63, 3.8) is 0 Å². The van der Waals surface area contributed by atoms with Crippen LogP contribution in [-0.4, -0.2) is 20.7 Å². The maximum absolute atomic E-state index is 12.5. The Morgan fingerprint density at radius 2 is 2.17 bits per heavy atom. The summed E-state index contributed by atoms with van der Waals surface area (Å²) in [5.41, 5.74) is 1.91. The van der Waals surface area contributed by atoms with Crippen molar-refractivity contribution in [3.8, 4) is 0 Å². The Balaban J connectivity index is 1.91. The summed E-state index contributed by atoms with van der Waals surface area (Å²) in [5, 5.41) is 8.51. The number of aromatic nitrogens is 3. The van der Waals surface area contributed by atoms with Crippen molar-refractivity contribution in [1.82, 2.24) is 14.8 Å². The molecule has 3 heterocycles. The van der Waals surface area contributed by atoms with Crippen LogP contribution in [0.2, 0.25) is 0 Å². The highest BCUT2D eigenvalue weighted by molar-refractivity contribution is 7.20. The number of fused-ring (bicyclic) bond motifs is 1. The van der Waals surface area contributed by atoms with Crippen molar-refractivity contribution in [2.45, 2.75) is 34.2 Å². The van der Waals surface area contributed by atoms with Gasteiger partial charge in [-0.25, -0.2) is 4.98 Å². The normalized spacial score (nSPS) is 11.3. The predicted molar refractivity (Wildman–Crippen MR) is 94.1 cm³/mol. The van der Waals surface area contributed by atoms with E-state index in [-0.39, 0.29) is 5.91 Å². The Morgan fingerprint density at radius 1 is 1.39 bits per heavy atom. The van der Waals surface area contributed by atoms with Crippen LogP contribution in [0, 0.1) is 19.8 Å². The molecule has 0 radical (unpaired) electrons. The minimum absolute atomic E-state index is 0.122. The summed E-state index contributed by atoms with van der Waals surface area (Å²) in [5.74, 6) is 0.993. The lowest BCUT2D eigenvalue weighted by molar-refractivity contribution is 0.103. The highest BCUT2D eigenvalue weighted by Crippen LogP contribution is 2.29. The van der Waals surface area contributed by atoms with Gasteiger partial charge in [-0.05, 0) is 37.5 Å². The average molecular weight is 328 g/mol. The van der Waals surface area contributed by atoms with E-state index in [1.54, 1.807) is 6.20 Å². The molecule has 0 aromatic carbocycles. The zero-order valence-electron chi connectivity index (χ0n) is 13.8. The quantitative estimate of drug-likeness (QED) is 0.787. The number of carbonyl (C=O) groups is 1. The fourth-order valence-corrected chi connectivity index (χ4v) is 3.55. The zero-order valence-corrected chi connectivity index (χ0v) is 14.6. The Bertz CT molecular complexity index is 863. The van der Waals surface area contributed by atoms with E-state index in [1.165, 1.54) is 11.3 Å².